The lowest BCUT2D eigenvalue weighted by atomic mass is 10.1. The Morgan fingerprint density at radius 1 is 1.22 bits per heavy atom. The summed E-state index contributed by atoms with van der Waals surface area (Å²) in [6.45, 7) is 0. The summed E-state index contributed by atoms with van der Waals surface area (Å²) in [6.07, 6.45) is 6.80. The van der Waals surface area contributed by atoms with Gasteiger partial charge < -0.3 is 9.88 Å². The molecule has 2 heterocycles. The van der Waals surface area contributed by atoms with E-state index in [0.29, 0.717) is 18.0 Å². The highest BCUT2D eigenvalue weighted by Crippen LogP contribution is 2.26. The van der Waals surface area contributed by atoms with Crippen molar-refractivity contribution in [1.82, 2.24) is 14.9 Å². The lowest BCUT2D eigenvalue weighted by Gasteiger charge is -2.24. The molecule has 0 bridgehead atoms. The number of fused-ring (bicyclic) bond motifs is 1. The van der Waals surface area contributed by atoms with Gasteiger partial charge in [-0.05, 0) is 37.1 Å². The molecule has 1 amide bonds. The number of nitrogens with one attached hydrogen (secondary N) is 1. The number of nitriles is 1. The number of nitrogens with zero attached hydrogens (tertiary/aromatic N) is 3. The van der Waals surface area contributed by atoms with Gasteiger partial charge in [0.2, 0.25) is 0 Å². The Bertz CT molecular complexity index is 1010. The number of carbonyl (C=O) groups is 1. The van der Waals surface area contributed by atoms with Gasteiger partial charge in [0.25, 0.3) is 5.91 Å². The number of hydrogen-bond donors (Lipinski definition) is 1. The van der Waals surface area contributed by atoms with Gasteiger partial charge in [0.05, 0.1) is 29.2 Å². The minimum absolute atomic E-state index is 0.0822. The van der Waals surface area contributed by atoms with E-state index in [1.807, 2.05) is 54.5 Å². The largest absolute Gasteiger partial charge is 0.360 e. The quantitative estimate of drug-likeness (QED) is 0.755. The zero-order valence-electron chi connectivity index (χ0n) is 15.4. The van der Waals surface area contributed by atoms with Crippen LogP contribution in [-0.2, 0) is 6.42 Å². The van der Waals surface area contributed by atoms with Crippen LogP contribution in [-0.4, -0.2) is 33.9 Å². The molecule has 136 valence electrons. The first-order chi connectivity index (χ1) is 13.2. The second kappa shape index (κ2) is 7.24. The third-order valence-corrected chi connectivity index (χ3v) is 5.49. The van der Waals surface area contributed by atoms with Gasteiger partial charge in [-0.25, -0.2) is 4.98 Å². The summed E-state index contributed by atoms with van der Waals surface area (Å²) >= 11 is 0. The van der Waals surface area contributed by atoms with E-state index in [9.17, 15) is 4.79 Å². The van der Waals surface area contributed by atoms with Crippen molar-refractivity contribution in [2.45, 2.75) is 38.1 Å². The van der Waals surface area contributed by atoms with Crippen molar-refractivity contribution >= 4 is 16.9 Å². The zero-order chi connectivity index (χ0) is 18.8. The Labute approximate surface area is 158 Å². The number of benzene rings is 1. The van der Waals surface area contributed by atoms with Crippen LogP contribution in [0, 0.1) is 11.3 Å². The third kappa shape index (κ3) is 3.31. The normalized spacial score (nSPS) is 14.4. The van der Waals surface area contributed by atoms with Crippen LogP contribution in [0.1, 0.15) is 41.6 Å². The minimum atomic E-state index is 0.0822. The number of carbonyl (C=O) groups excluding carboxylic acids is 1. The fourth-order valence-corrected chi connectivity index (χ4v) is 3.88. The molecule has 0 saturated heterocycles. The van der Waals surface area contributed by atoms with Gasteiger partial charge in [0.1, 0.15) is 0 Å². The number of pyridine rings is 1. The number of amides is 1. The topological polar surface area (TPSA) is 72.8 Å². The van der Waals surface area contributed by atoms with Gasteiger partial charge >= 0.3 is 0 Å². The fourth-order valence-electron chi connectivity index (χ4n) is 3.88. The van der Waals surface area contributed by atoms with Crippen molar-refractivity contribution in [3.8, 4) is 17.3 Å². The monoisotopic (exact) mass is 358 g/mol. The molecule has 1 aromatic carbocycles. The molecule has 27 heavy (non-hydrogen) atoms. The number of aromatic nitrogens is 2. The van der Waals surface area contributed by atoms with E-state index in [1.54, 1.807) is 0 Å². The van der Waals surface area contributed by atoms with Crippen molar-refractivity contribution in [2.75, 3.05) is 7.05 Å². The van der Waals surface area contributed by atoms with Crippen LogP contribution in [0.25, 0.3) is 22.3 Å². The van der Waals surface area contributed by atoms with E-state index in [2.05, 4.69) is 11.1 Å². The first-order valence-electron chi connectivity index (χ1n) is 9.39. The molecule has 1 aliphatic rings. The molecule has 5 nitrogen and oxygen atoms in total. The molecule has 0 unspecified atom stereocenters. The van der Waals surface area contributed by atoms with Crippen LogP contribution >= 0.6 is 0 Å². The average molecular weight is 358 g/mol. The Morgan fingerprint density at radius 2 is 1.96 bits per heavy atom. The molecule has 1 aliphatic carbocycles. The van der Waals surface area contributed by atoms with Crippen molar-refractivity contribution in [3.05, 3.63) is 53.7 Å². The van der Waals surface area contributed by atoms with Gasteiger partial charge in [-0.1, -0.05) is 25.0 Å². The summed E-state index contributed by atoms with van der Waals surface area (Å²) in [6, 6.07) is 14.1. The summed E-state index contributed by atoms with van der Waals surface area (Å²) in [7, 11) is 1.91. The molecule has 0 atom stereocenters. The zero-order valence-corrected chi connectivity index (χ0v) is 15.4. The first-order valence-corrected chi connectivity index (χ1v) is 9.39. The smallest absolute Gasteiger partial charge is 0.253 e. The molecular formula is C22H22N4O. The van der Waals surface area contributed by atoms with E-state index < -0.39 is 0 Å². The molecule has 5 heteroatoms. The van der Waals surface area contributed by atoms with Crippen LogP contribution < -0.4 is 0 Å². The summed E-state index contributed by atoms with van der Waals surface area (Å²) in [5.41, 5.74) is 5.16. The minimum Gasteiger partial charge on any atom is -0.360 e. The first kappa shape index (κ1) is 17.3. The lowest BCUT2D eigenvalue weighted by molar-refractivity contribution is 0.0735. The second-order valence-electron chi connectivity index (χ2n) is 7.17. The van der Waals surface area contributed by atoms with Crippen LogP contribution in [0.5, 0.6) is 0 Å². The highest BCUT2D eigenvalue weighted by Gasteiger charge is 2.24. The molecule has 0 radical (unpaired) electrons. The molecule has 1 N–H and O–H groups in total. The van der Waals surface area contributed by atoms with Crippen LogP contribution in [0.4, 0.5) is 0 Å². The van der Waals surface area contributed by atoms with Gasteiger partial charge in [0, 0.05) is 36.0 Å². The van der Waals surface area contributed by atoms with Gasteiger partial charge in [-0.15, -0.1) is 0 Å². The SMILES string of the molecule is CN(C(=O)c1ccc(-c2ccc3[nH]cc(CC#N)c3n2)cc1)C1CCCC1. The highest BCUT2D eigenvalue weighted by molar-refractivity contribution is 5.94. The maximum absolute atomic E-state index is 12.7. The summed E-state index contributed by atoms with van der Waals surface area (Å²) in [5, 5.41) is 8.96. The van der Waals surface area contributed by atoms with Gasteiger partial charge in [0.15, 0.2) is 0 Å². The molecule has 2 aromatic heterocycles. The van der Waals surface area contributed by atoms with E-state index in [-0.39, 0.29) is 5.91 Å². The summed E-state index contributed by atoms with van der Waals surface area (Å²) in [4.78, 5) is 22.5. The Kier molecular flexibility index (Phi) is 4.64. The predicted octanol–water partition coefficient (Wildman–Crippen LogP) is 4.31. The summed E-state index contributed by atoms with van der Waals surface area (Å²) in [5.74, 6) is 0.0822. The van der Waals surface area contributed by atoms with E-state index in [0.717, 1.165) is 40.7 Å². The van der Waals surface area contributed by atoms with Crippen molar-refractivity contribution in [3.63, 3.8) is 0 Å². The van der Waals surface area contributed by atoms with E-state index >= 15 is 0 Å². The van der Waals surface area contributed by atoms with Crippen LogP contribution in [0.3, 0.4) is 0 Å². The maximum Gasteiger partial charge on any atom is 0.253 e. The van der Waals surface area contributed by atoms with E-state index in [4.69, 9.17) is 10.2 Å². The molecule has 3 aromatic rings. The molecule has 0 spiro atoms. The highest BCUT2D eigenvalue weighted by atomic mass is 16.2. The van der Waals surface area contributed by atoms with Gasteiger partial charge in [-0.2, -0.15) is 5.26 Å². The predicted molar refractivity (Wildman–Crippen MR) is 105 cm³/mol. The lowest BCUT2D eigenvalue weighted by Crippen LogP contribution is -2.35. The fraction of sp³-hybridized carbons (Fsp3) is 0.318. The van der Waals surface area contributed by atoms with Crippen LogP contribution in [0.15, 0.2) is 42.6 Å². The van der Waals surface area contributed by atoms with Crippen molar-refractivity contribution in [2.24, 2.45) is 0 Å². The molecule has 1 fully saturated rings. The summed E-state index contributed by atoms with van der Waals surface area (Å²) < 4.78 is 0. The second-order valence-corrected chi connectivity index (χ2v) is 7.17. The Morgan fingerprint density at radius 3 is 2.67 bits per heavy atom. The maximum atomic E-state index is 12.7. The Hall–Kier alpha value is -3.13. The Balaban J connectivity index is 1.58. The third-order valence-electron chi connectivity index (χ3n) is 5.49. The van der Waals surface area contributed by atoms with Crippen molar-refractivity contribution in [1.29, 1.82) is 5.26 Å². The molecule has 0 aliphatic heterocycles. The number of aromatic amines is 1. The van der Waals surface area contributed by atoms with E-state index in [1.165, 1.54) is 12.8 Å². The van der Waals surface area contributed by atoms with Gasteiger partial charge in [-0.3, -0.25) is 4.79 Å². The van der Waals surface area contributed by atoms with Crippen LogP contribution in [0.2, 0.25) is 0 Å². The standard InChI is InChI=1S/C22H22N4O/c1-26(18-4-2-3-5-18)22(27)16-8-6-15(7-9-16)19-10-11-20-21(25-19)17(12-13-23)14-24-20/h6-11,14,18,24H,2-5,12H2,1H3. The average Bonchev–Trinajstić information content (AvgIpc) is 3.37. The number of H-pyrrole nitrogens is 1. The molecule has 1 saturated carbocycles. The number of rotatable bonds is 4. The molecular weight excluding hydrogens is 336 g/mol. The molecule has 4 rings (SSSR count). The van der Waals surface area contributed by atoms with Crippen molar-refractivity contribution < 1.29 is 4.79 Å². The number of hydrogen-bond acceptors (Lipinski definition) is 3.